The molecule has 40 heavy (non-hydrogen) atoms. The Morgan fingerprint density at radius 2 is 1.25 bits per heavy atom. The van der Waals surface area contributed by atoms with Crippen molar-refractivity contribution in [3.8, 4) is 0 Å². The van der Waals surface area contributed by atoms with E-state index < -0.39 is 18.8 Å². The van der Waals surface area contributed by atoms with E-state index in [0.717, 1.165) is 31.0 Å². The molecule has 7 heteroatoms. The van der Waals surface area contributed by atoms with Gasteiger partial charge in [-0.1, -0.05) is 91.7 Å². The molecule has 4 aromatic carbocycles. The summed E-state index contributed by atoms with van der Waals surface area (Å²) in [4.78, 5) is 38.7. The molecule has 1 fully saturated rings. The van der Waals surface area contributed by atoms with Crippen molar-refractivity contribution in [3.63, 3.8) is 0 Å². The molecule has 0 bridgehead atoms. The minimum absolute atomic E-state index is 0.119. The maximum Gasteiger partial charge on any atom is 0.253 e. The van der Waals surface area contributed by atoms with E-state index in [1.165, 1.54) is 10.6 Å². The minimum Gasteiger partial charge on any atom is -0.375 e. The lowest BCUT2D eigenvalue weighted by Gasteiger charge is -2.35. The van der Waals surface area contributed by atoms with Crippen LogP contribution in [0.1, 0.15) is 56.8 Å². The van der Waals surface area contributed by atoms with Crippen molar-refractivity contribution in [1.29, 1.82) is 0 Å². The normalized spacial score (nSPS) is 17.5. The summed E-state index contributed by atoms with van der Waals surface area (Å²) in [6, 6.07) is 28.2. The highest BCUT2D eigenvalue weighted by molar-refractivity contribution is 7.80. The molecule has 1 aliphatic carbocycles. The fourth-order valence-corrected chi connectivity index (χ4v) is 7.82. The molecule has 0 aliphatic heterocycles. The van der Waals surface area contributed by atoms with Crippen molar-refractivity contribution in [2.75, 3.05) is 10.6 Å². The quantitative estimate of drug-likeness (QED) is 0.222. The smallest absolute Gasteiger partial charge is 0.253 e. The van der Waals surface area contributed by atoms with Gasteiger partial charge in [-0.05, 0) is 63.5 Å². The molecule has 1 amide bonds. The van der Waals surface area contributed by atoms with Crippen LogP contribution < -0.4 is 42.7 Å². The third kappa shape index (κ3) is 6.03. The topological polar surface area (TPSA) is 87.3 Å². The first kappa shape index (κ1) is 27.8. The molecule has 0 spiro atoms. The average Bonchev–Trinajstić information content (AvgIpc) is 2.96. The molecule has 0 unspecified atom stereocenters. The molecule has 2 atom stereocenters. The van der Waals surface area contributed by atoms with E-state index in [1.54, 1.807) is 0 Å². The van der Waals surface area contributed by atoms with Gasteiger partial charge in [0, 0.05) is 23.2 Å². The minimum atomic E-state index is -0.946. The average molecular weight is 554 g/mol. The molecule has 1 saturated carbocycles. The Balaban J connectivity index is 1.42. The first-order chi connectivity index (χ1) is 19.2. The lowest BCUT2D eigenvalue weighted by atomic mass is 9.89. The number of nitrogens with one attached hydrogen (secondary N) is 3. The molecular weight excluding hydrogens is 517 g/mol. The number of rotatable bonds is 8. The van der Waals surface area contributed by atoms with Gasteiger partial charge in [0.25, 0.3) is 16.8 Å². The van der Waals surface area contributed by atoms with Crippen molar-refractivity contribution in [3.05, 3.63) is 111 Å². The van der Waals surface area contributed by atoms with Gasteiger partial charge in [0.1, 0.15) is 11.4 Å². The summed E-state index contributed by atoms with van der Waals surface area (Å²) < 4.78 is 0. The second kappa shape index (κ2) is 11.8. The number of benzene rings is 3. The molecule has 0 saturated heterocycles. The van der Waals surface area contributed by atoms with E-state index in [2.05, 4.69) is 46.3 Å². The molecule has 0 aromatic heterocycles. The third-order valence-corrected chi connectivity index (χ3v) is 9.74. The highest BCUT2D eigenvalue weighted by Gasteiger charge is 2.32. The van der Waals surface area contributed by atoms with Gasteiger partial charge in [0.05, 0.1) is 0 Å². The first-order valence-corrected chi connectivity index (χ1v) is 15.3. The van der Waals surface area contributed by atoms with Crippen LogP contribution in [0.15, 0.2) is 94.5 Å². The van der Waals surface area contributed by atoms with Crippen LogP contribution >= 0.6 is 7.92 Å². The molecule has 5 rings (SSSR count). The van der Waals surface area contributed by atoms with Crippen LogP contribution in [0.4, 0.5) is 11.4 Å². The molecule has 0 heterocycles. The summed E-state index contributed by atoms with van der Waals surface area (Å²) >= 11 is 0. The molecule has 206 valence electrons. The zero-order valence-corrected chi connectivity index (χ0v) is 24.1. The standard InChI is InChI=1S/C33H36N3O3P/c1-33(2,3)36-29-28(30(37)31(29)38)34-25-19-11-12-20-26(25)35-32(39)24-18-10-13-21-27(24)40(22-14-6-4-7-15-22)23-16-8-5-9-17-23/h4-10,13-18,21,25-26,34,36H,11-12,19-20H2,1-3H3,(H,35,39)/t25-,26-/m1/s1. The van der Waals surface area contributed by atoms with E-state index in [1.807, 2.05) is 75.4 Å². The maximum atomic E-state index is 13.9. The van der Waals surface area contributed by atoms with Gasteiger partial charge in [-0.25, -0.2) is 0 Å². The van der Waals surface area contributed by atoms with Crippen molar-refractivity contribution in [2.24, 2.45) is 0 Å². The maximum absolute atomic E-state index is 13.9. The molecule has 4 aromatic rings. The second-order valence-corrected chi connectivity index (χ2v) is 13.6. The summed E-state index contributed by atoms with van der Waals surface area (Å²) in [6.07, 6.45) is 3.59. The van der Waals surface area contributed by atoms with Gasteiger partial charge in [0.2, 0.25) is 0 Å². The molecule has 3 N–H and O–H groups in total. The van der Waals surface area contributed by atoms with Crippen LogP contribution in [0.3, 0.4) is 0 Å². The largest absolute Gasteiger partial charge is 0.375 e. The van der Waals surface area contributed by atoms with E-state index in [0.29, 0.717) is 16.9 Å². The number of amides is 1. The lowest BCUT2D eigenvalue weighted by molar-refractivity contribution is 0.0925. The predicted octanol–water partition coefficient (Wildman–Crippen LogP) is 4.40. The van der Waals surface area contributed by atoms with Gasteiger partial charge in [-0.2, -0.15) is 0 Å². The molecular formula is C33H36N3O3P. The van der Waals surface area contributed by atoms with E-state index >= 15 is 0 Å². The SMILES string of the molecule is CC(C)(C)Nc1c(N[C@@H]2CCCC[C@H]2NC(=O)c2ccccc2P(c2ccccc2)c2ccccc2)c(=O)c1=O. The molecule has 0 radical (unpaired) electrons. The van der Waals surface area contributed by atoms with Crippen molar-refractivity contribution in [1.82, 2.24) is 5.32 Å². The first-order valence-electron chi connectivity index (χ1n) is 13.9. The summed E-state index contributed by atoms with van der Waals surface area (Å²) in [5.41, 5.74) is 0.00755. The Morgan fingerprint density at radius 3 is 1.85 bits per heavy atom. The number of hydrogen-bond acceptors (Lipinski definition) is 5. The fraction of sp³-hybridized carbons (Fsp3) is 0.303. The Hall–Kier alpha value is -3.76. The Morgan fingerprint density at radius 1 is 0.725 bits per heavy atom. The predicted molar refractivity (Wildman–Crippen MR) is 167 cm³/mol. The summed E-state index contributed by atoms with van der Waals surface area (Å²) in [5, 5.41) is 13.2. The van der Waals surface area contributed by atoms with E-state index in [4.69, 9.17) is 0 Å². The van der Waals surface area contributed by atoms with Gasteiger partial charge in [-0.15, -0.1) is 0 Å². The van der Waals surface area contributed by atoms with Crippen LogP contribution in [-0.4, -0.2) is 23.5 Å². The number of carbonyl (C=O) groups excluding carboxylic acids is 1. The summed E-state index contributed by atoms with van der Waals surface area (Å²) in [7, 11) is -0.946. The van der Waals surface area contributed by atoms with E-state index in [9.17, 15) is 14.4 Å². The third-order valence-electron chi connectivity index (χ3n) is 7.24. The number of carbonyl (C=O) groups is 1. The van der Waals surface area contributed by atoms with Gasteiger partial charge in [-0.3, -0.25) is 14.4 Å². The zero-order valence-electron chi connectivity index (χ0n) is 23.2. The van der Waals surface area contributed by atoms with E-state index in [-0.39, 0.29) is 23.5 Å². The van der Waals surface area contributed by atoms with Crippen molar-refractivity contribution in [2.45, 2.75) is 64.1 Å². The van der Waals surface area contributed by atoms with Crippen LogP contribution in [0.5, 0.6) is 0 Å². The fourth-order valence-electron chi connectivity index (χ4n) is 5.37. The highest BCUT2D eigenvalue weighted by Crippen LogP contribution is 2.34. The van der Waals surface area contributed by atoms with Crippen molar-refractivity contribution >= 4 is 41.1 Å². The van der Waals surface area contributed by atoms with Crippen LogP contribution in [0, 0.1) is 0 Å². The summed E-state index contributed by atoms with van der Waals surface area (Å²) in [6.45, 7) is 5.86. The zero-order chi connectivity index (χ0) is 28.3. The summed E-state index contributed by atoms with van der Waals surface area (Å²) in [5.74, 6) is -0.119. The number of hydrogen-bond donors (Lipinski definition) is 3. The molecule has 6 nitrogen and oxygen atoms in total. The Bertz CT molecular complexity index is 1500. The van der Waals surface area contributed by atoms with Crippen LogP contribution in [0.2, 0.25) is 0 Å². The van der Waals surface area contributed by atoms with Gasteiger partial charge >= 0.3 is 0 Å². The Labute approximate surface area is 236 Å². The van der Waals surface area contributed by atoms with Gasteiger partial charge in [0.15, 0.2) is 0 Å². The second-order valence-electron chi connectivity index (χ2n) is 11.4. The van der Waals surface area contributed by atoms with Gasteiger partial charge < -0.3 is 16.0 Å². The number of anilines is 2. The van der Waals surface area contributed by atoms with Crippen molar-refractivity contribution < 1.29 is 4.79 Å². The lowest BCUT2D eigenvalue weighted by Crippen LogP contribution is -2.51. The molecule has 1 aliphatic rings. The monoisotopic (exact) mass is 553 g/mol. The Kier molecular flexibility index (Phi) is 8.18. The highest BCUT2D eigenvalue weighted by atomic mass is 31.1. The van der Waals surface area contributed by atoms with Crippen LogP contribution in [-0.2, 0) is 0 Å². The van der Waals surface area contributed by atoms with Crippen LogP contribution in [0.25, 0.3) is 0 Å².